The molecule has 6 nitrogen and oxygen atoms in total. The number of anilines is 1. The van der Waals surface area contributed by atoms with E-state index in [2.05, 4.69) is 28.9 Å². The molecule has 0 radical (unpaired) electrons. The summed E-state index contributed by atoms with van der Waals surface area (Å²) in [5, 5.41) is 0. The fraction of sp³-hybridized carbons (Fsp3) is 0.370. The molecule has 1 saturated heterocycles. The zero-order chi connectivity index (χ0) is 23.9. The first-order chi connectivity index (χ1) is 16.5. The number of amides is 1. The SMILES string of the molecule is COc1ccc(Cc2c(C)nc(C)nc2N2CCCN(C(=O)CSc3ccccc3)CC2)cc1. The molecule has 1 aliphatic heterocycles. The third kappa shape index (κ3) is 6.08. The lowest BCUT2D eigenvalue weighted by Crippen LogP contribution is -2.36. The van der Waals surface area contributed by atoms with E-state index in [4.69, 9.17) is 9.72 Å². The van der Waals surface area contributed by atoms with E-state index < -0.39 is 0 Å². The summed E-state index contributed by atoms with van der Waals surface area (Å²) in [6.07, 6.45) is 1.68. The molecule has 0 unspecified atom stereocenters. The van der Waals surface area contributed by atoms with Crippen molar-refractivity contribution in [3.8, 4) is 5.75 Å². The Bertz CT molecular complexity index is 1110. The average Bonchev–Trinajstić information content (AvgIpc) is 3.11. The first-order valence-corrected chi connectivity index (χ1v) is 12.7. The van der Waals surface area contributed by atoms with E-state index in [-0.39, 0.29) is 5.91 Å². The van der Waals surface area contributed by atoms with Crippen molar-refractivity contribution in [2.24, 2.45) is 0 Å². The van der Waals surface area contributed by atoms with Crippen LogP contribution in [-0.2, 0) is 11.2 Å². The molecule has 0 aliphatic carbocycles. The first-order valence-electron chi connectivity index (χ1n) is 11.7. The van der Waals surface area contributed by atoms with Crippen LogP contribution in [0.15, 0.2) is 59.5 Å². The minimum absolute atomic E-state index is 0.198. The molecule has 0 N–H and O–H groups in total. The molecule has 0 spiro atoms. The highest BCUT2D eigenvalue weighted by atomic mass is 32.2. The first kappa shape index (κ1) is 24.1. The van der Waals surface area contributed by atoms with Crippen LogP contribution in [0.4, 0.5) is 5.82 Å². The highest BCUT2D eigenvalue weighted by molar-refractivity contribution is 8.00. The van der Waals surface area contributed by atoms with Crippen LogP contribution in [0.2, 0.25) is 0 Å². The fourth-order valence-corrected chi connectivity index (χ4v) is 5.09. The van der Waals surface area contributed by atoms with Crippen molar-refractivity contribution in [2.75, 3.05) is 43.9 Å². The van der Waals surface area contributed by atoms with Gasteiger partial charge < -0.3 is 14.5 Å². The van der Waals surface area contributed by atoms with Crippen LogP contribution in [0.1, 0.15) is 29.1 Å². The maximum atomic E-state index is 12.9. The highest BCUT2D eigenvalue weighted by Crippen LogP contribution is 2.26. The number of ether oxygens (including phenoxy) is 1. The van der Waals surface area contributed by atoms with Gasteiger partial charge in [-0.1, -0.05) is 30.3 Å². The van der Waals surface area contributed by atoms with Crippen molar-refractivity contribution in [1.29, 1.82) is 0 Å². The molecule has 1 aromatic heterocycles. The van der Waals surface area contributed by atoms with Gasteiger partial charge in [0.15, 0.2) is 0 Å². The molecular formula is C27H32N4O2S. The van der Waals surface area contributed by atoms with Crippen molar-refractivity contribution in [3.63, 3.8) is 0 Å². The van der Waals surface area contributed by atoms with Gasteiger partial charge in [-0.25, -0.2) is 9.97 Å². The van der Waals surface area contributed by atoms with Gasteiger partial charge in [0.2, 0.25) is 5.91 Å². The van der Waals surface area contributed by atoms with Crippen LogP contribution in [0.3, 0.4) is 0 Å². The molecule has 4 rings (SSSR count). The average molecular weight is 477 g/mol. The lowest BCUT2D eigenvalue weighted by atomic mass is 10.0. The number of carbonyl (C=O) groups is 1. The van der Waals surface area contributed by atoms with E-state index in [1.165, 1.54) is 5.56 Å². The fourth-order valence-electron chi connectivity index (χ4n) is 4.27. The van der Waals surface area contributed by atoms with Crippen LogP contribution in [0, 0.1) is 13.8 Å². The summed E-state index contributed by atoms with van der Waals surface area (Å²) in [4.78, 5) is 27.9. The molecule has 2 heterocycles. The van der Waals surface area contributed by atoms with Gasteiger partial charge in [-0.3, -0.25) is 4.79 Å². The summed E-state index contributed by atoms with van der Waals surface area (Å²) < 4.78 is 5.30. The second-order valence-corrected chi connectivity index (χ2v) is 9.56. The number of nitrogens with zero attached hydrogens (tertiary/aromatic N) is 4. The van der Waals surface area contributed by atoms with Gasteiger partial charge in [-0.05, 0) is 50.1 Å². The van der Waals surface area contributed by atoms with E-state index in [0.717, 1.165) is 66.0 Å². The molecule has 178 valence electrons. The molecule has 2 aromatic carbocycles. The van der Waals surface area contributed by atoms with Crippen molar-refractivity contribution < 1.29 is 9.53 Å². The largest absolute Gasteiger partial charge is 0.497 e. The molecule has 34 heavy (non-hydrogen) atoms. The van der Waals surface area contributed by atoms with Gasteiger partial charge in [0.05, 0.1) is 12.9 Å². The Morgan fingerprint density at radius 3 is 2.47 bits per heavy atom. The minimum Gasteiger partial charge on any atom is -0.497 e. The van der Waals surface area contributed by atoms with E-state index in [1.54, 1.807) is 18.9 Å². The Morgan fingerprint density at radius 2 is 1.74 bits per heavy atom. The van der Waals surface area contributed by atoms with Gasteiger partial charge in [0.1, 0.15) is 17.4 Å². The third-order valence-corrected chi connectivity index (χ3v) is 7.09. The topological polar surface area (TPSA) is 58.6 Å². The monoisotopic (exact) mass is 476 g/mol. The number of aryl methyl sites for hydroxylation is 2. The predicted molar refractivity (Wildman–Crippen MR) is 138 cm³/mol. The number of benzene rings is 2. The lowest BCUT2D eigenvalue weighted by molar-refractivity contribution is -0.128. The Hall–Kier alpha value is -3.06. The molecule has 1 fully saturated rings. The second-order valence-electron chi connectivity index (χ2n) is 8.51. The molecule has 0 bridgehead atoms. The van der Waals surface area contributed by atoms with Gasteiger partial charge in [-0.15, -0.1) is 11.8 Å². The molecule has 0 saturated carbocycles. The third-order valence-electron chi connectivity index (χ3n) is 6.10. The maximum absolute atomic E-state index is 12.9. The number of hydrogen-bond donors (Lipinski definition) is 0. The molecule has 1 aliphatic rings. The van der Waals surface area contributed by atoms with Crippen LogP contribution in [-0.4, -0.2) is 59.8 Å². The van der Waals surface area contributed by atoms with Crippen molar-refractivity contribution in [3.05, 3.63) is 77.2 Å². The summed E-state index contributed by atoms with van der Waals surface area (Å²) in [5.74, 6) is 3.29. The standard InChI is InChI=1S/C27H32N4O2S/c1-20-25(18-22-10-12-23(33-3)13-11-22)27(29-21(2)28-20)31-15-7-14-30(16-17-31)26(32)19-34-24-8-5-4-6-9-24/h4-6,8-13H,7,14-19H2,1-3H3. The summed E-state index contributed by atoms with van der Waals surface area (Å²) in [6, 6.07) is 18.3. The number of aromatic nitrogens is 2. The molecule has 1 amide bonds. The van der Waals surface area contributed by atoms with Gasteiger partial charge >= 0.3 is 0 Å². The van der Waals surface area contributed by atoms with Gasteiger partial charge in [0, 0.05) is 48.8 Å². The smallest absolute Gasteiger partial charge is 0.232 e. The summed E-state index contributed by atoms with van der Waals surface area (Å²) in [5.41, 5.74) is 3.35. The van der Waals surface area contributed by atoms with Crippen LogP contribution in [0.25, 0.3) is 0 Å². The zero-order valence-corrected chi connectivity index (χ0v) is 21.0. The second kappa shape index (κ2) is 11.4. The quantitative estimate of drug-likeness (QED) is 0.467. The Morgan fingerprint density at radius 1 is 0.971 bits per heavy atom. The van der Waals surface area contributed by atoms with E-state index in [1.807, 2.05) is 54.3 Å². The van der Waals surface area contributed by atoms with Crippen LogP contribution in [0.5, 0.6) is 5.75 Å². The summed E-state index contributed by atoms with van der Waals surface area (Å²) >= 11 is 1.60. The zero-order valence-electron chi connectivity index (χ0n) is 20.2. The molecular weight excluding hydrogens is 444 g/mol. The van der Waals surface area contributed by atoms with Crippen molar-refractivity contribution >= 4 is 23.5 Å². The van der Waals surface area contributed by atoms with Gasteiger partial charge in [0.25, 0.3) is 0 Å². The lowest BCUT2D eigenvalue weighted by Gasteiger charge is -2.26. The Labute approximate surface area is 206 Å². The number of hydrogen-bond acceptors (Lipinski definition) is 6. The molecule has 0 atom stereocenters. The molecule has 3 aromatic rings. The minimum atomic E-state index is 0.198. The summed E-state index contributed by atoms with van der Waals surface area (Å²) in [7, 11) is 1.68. The number of rotatable bonds is 7. The normalized spacial score (nSPS) is 14.1. The Balaban J connectivity index is 1.45. The van der Waals surface area contributed by atoms with Gasteiger partial charge in [-0.2, -0.15) is 0 Å². The van der Waals surface area contributed by atoms with E-state index >= 15 is 0 Å². The van der Waals surface area contributed by atoms with Crippen LogP contribution < -0.4 is 9.64 Å². The van der Waals surface area contributed by atoms with Crippen molar-refractivity contribution in [2.45, 2.75) is 31.6 Å². The predicted octanol–water partition coefficient (Wildman–Crippen LogP) is 4.52. The maximum Gasteiger partial charge on any atom is 0.232 e. The Kier molecular flexibility index (Phi) is 8.06. The summed E-state index contributed by atoms with van der Waals surface area (Å²) in [6.45, 7) is 7.14. The number of methoxy groups -OCH3 is 1. The van der Waals surface area contributed by atoms with Crippen LogP contribution >= 0.6 is 11.8 Å². The number of carbonyl (C=O) groups excluding carboxylic acids is 1. The number of thioether (sulfide) groups is 1. The van der Waals surface area contributed by atoms with E-state index in [0.29, 0.717) is 12.3 Å². The molecule has 7 heteroatoms. The van der Waals surface area contributed by atoms with E-state index in [9.17, 15) is 4.79 Å². The van der Waals surface area contributed by atoms with Crippen molar-refractivity contribution in [1.82, 2.24) is 14.9 Å². The highest BCUT2D eigenvalue weighted by Gasteiger charge is 2.23.